The molecule has 18 heavy (non-hydrogen) atoms. The van der Waals surface area contributed by atoms with Gasteiger partial charge in [-0.05, 0) is 17.8 Å². The zero-order chi connectivity index (χ0) is 13.3. The second kappa shape index (κ2) is 5.12. The largest absolute Gasteiger partial charge is 0.373 e. The minimum atomic E-state index is 0.426. The lowest BCUT2D eigenvalue weighted by Crippen LogP contribution is -2.23. The predicted octanol–water partition coefficient (Wildman–Crippen LogP) is 2.73. The lowest BCUT2D eigenvalue weighted by Gasteiger charge is -2.23. The monoisotopic (exact) mass is 248 g/mol. The number of hydrogen-bond donors (Lipinski definition) is 1. The molecular weight excluding hydrogens is 224 g/mol. The van der Waals surface area contributed by atoms with E-state index >= 15 is 0 Å². The summed E-state index contributed by atoms with van der Waals surface area (Å²) in [6, 6.07) is 0. The Balaban J connectivity index is 2.38. The molecule has 1 N–H and O–H groups in total. The van der Waals surface area contributed by atoms with Gasteiger partial charge in [0.15, 0.2) is 0 Å². The Labute approximate surface area is 110 Å². The van der Waals surface area contributed by atoms with E-state index in [1.54, 1.807) is 6.33 Å². The van der Waals surface area contributed by atoms with Gasteiger partial charge in [-0.15, -0.1) is 0 Å². The quantitative estimate of drug-likeness (QED) is 0.893. The van der Waals surface area contributed by atoms with Crippen molar-refractivity contribution in [3.8, 4) is 0 Å². The van der Waals surface area contributed by atoms with Gasteiger partial charge in [0.05, 0.1) is 0 Å². The molecule has 0 aliphatic carbocycles. The van der Waals surface area contributed by atoms with Gasteiger partial charge in [-0.3, -0.25) is 0 Å². The first-order valence-electron chi connectivity index (χ1n) is 6.82. The highest BCUT2D eigenvalue weighted by Crippen LogP contribution is 2.34. The Morgan fingerprint density at radius 2 is 1.83 bits per heavy atom. The molecule has 0 bridgehead atoms. The van der Waals surface area contributed by atoms with Crippen LogP contribution >= 0.6 is 0 Å². The van der Waals surface area contributed by atoms with Crippen LogP contribution in [0.25, 0.3) is 0 Å². The highest BCUT2D eigenvalue weighted by atomic mass is 15.2. The third-order valence-electron chi connectivity index (χ3n) is 3.96. The minimum Gasteiger partial charge on any atom is -0.373 e. The molecule has 0 amide bonds. The SMILES string of the molecule is CNc1ncnc(N2CC(C)C(C)C2)c1C(C)C. The van der Waals surface area contributed by atoms with Crippen molar-refractivity contribution in [1.82, 2.24) is 9.97 Å². The molecule has 100 valence electrons. The van der Waals surface area contributed by atoms with Gasteiger partial charge in [0.1, 0.15) is 18.0 Å². The maximum Gasteiger partial charge on any atom is 0.137 e. The summed E-state index contributed by atoms with van der Waals surface area (Å²) in [6.07, 6.45) is 1.67. The van der Waals surface area contributed by atoms with Gasteiger partial charge in [0.2, 0.25) is 0 Å². The van der Waals surface area contributed by atoms with Gasteiger partial charge in [-0.1, -0.05) is 27.7 Å². The summed E-state index contributed by atoms with van der Waals surface area (Å²) in [5.41, 5.74) is 1.24. The molecule has 1 aromatic heterocycles. The number of nitrogens with zero attached hydrogens (tertiary/aromatic N) is 3. The lowest BCUT2D eigenvalue weighted by molar-refractivity contribution is 0.494. The van der Waals surface area contributed by atoms with E-state index in [-0.39, 0.29) is 0 Å². The van der Waals surface area contributed by atoms with Crippen LogP contribution < -0.4 is 10.2 Å². The maximum atomic E-state index is 4.53. The van der Waals surface area contributed by atoms with Crippen molar-refractivity contribution in [2.75, 3.05) is 30.4 Å². The Morgan fingerprint density at radius 1 is 1.22 bits per heavy atom. The van der Waals surface area contributed by atoms with E-state index < -0.39 is 0 Å². The van der Waals surface area contributed by atoms with Crippen molar-refractivity contribution in [2.24, 2.45) is 11.8 Å². The number of anilines is 2. The molecule has 0 spiro atoms. The summed E-state index contributed by atoms with van der Waals surface area (Å²) in [4.78, 5) is 11.3. The lowest BCUT2D eigenvalue weighted by atomic mass is 10.0. The van der Waals surface area contributed by atoms with Crippen LogP contribution in [-0.2, 0) is 0 Å². The third-order valence-corrected chi connectivity index (χ3v) is 3.96. The van der Waals surface area contributed by atoms with E-state index in [0.717, 1.165) is 36.6 Å². The smallest absolute Gasteiger partial charge is 0.137 e. The van der Waals surface area contributed by atoms with E-state index in [2.05, 4.69) is 47.9 Å². The summed E-state index contributed by atoms with van der Waals surface area (Å²) in [7, 11) is 1.92. The van der Waals surface area contributed by atoms with Crippen molar-refractivity contribution >= 4 is 11.6 Å². The Kier molecular flexibility index (Phi) is 3.73. The molecule has 1 fully saturated rings. The summed E-state index contributed by atoms with van der Waals surface area (Å²) in [5.74, 6) is 3.97. The van der Waals surface area contributed by atoms with Crippen LogP contribution in [0.5, 0.6) is 0 Å². The van der Waals surface area contributed by atoms with Crippen LogP contribution in [0.15, 0.2) is 6.33 Å². The number of rotatable bonds is 3. The van der Waals surface area contributed by atoms with Crippen LogP contribution in [0, 0.1) is 11.8 Å². The van der Waals surface area contributed by atoms with Crippen molar-refractivity contribution in [1.29, 1.82) is 0 Å². The first kappa shape index (κ1) is 13.1. The number of nitrogens with one attached hydrogen (secondary N) is 1. The van der Waals surface area contributed by atoms with Crippen LogP contribution in [0.1, 0.15) is 39.2 Å². The zero-order valence-electron chi connectivity index (χ0n) is 12.1. The Bertz CT molecular complexity index is 406. The van der Waals surface area contributed by atoms with E-state index in [0.29, 0.717) is 5.92 Å². The average Bonchev–Trinajstić information content (AvgIpc) is 2.68. The second-order valence-corrected chi connectivity index (χ2v) is 5.72. The van der Waals surface area contributed by atoms with Crippen LogP contribution in [0.3, 0.4) is 0 Å². The molecule has 2 atom stereocenters. The first-order chi connectivity index (χ1) is 8.54. The molecule has 2 unspecified atom stereocenters. The average molecular weight is 248 g/mol. The summed E-state index contributed by atoms with van der Waals surface area (Å²) < 4.78 is 0. The molecule has 2 heterocycles. The summed E-state index contributed by atoms with van der Waals surface area (Å²) in [5, 5.41) is 3.19. The molecule has 4 nitrogen and oxygen atoms in total. The zero-order valence-corrected chi connectivity index (χ0v) is 12.1. The minimum absolute atomic E-state index is 0.426. The highest BCUT2D eigenvalue weighted by Gasteiger charge is 2.29. The molecule has 0 saturated carbocycles. The van der Waals surface area contributed by atoms with Crippen LogP contribution in [0.2, 0.25) is 0 Å². The fraction of sp³-hybridized carbons (Fsp3) is 0.714. The predicted molar refractivity (Wildman–Crippen MR) is 76.2 cm³/mol. The molecule has 2 rings (SSSR count). The molecule has 1 aliphatic heterocycles. The Hall–Kier alpha value is -1.32. The van der Waals surface area contributed by atoms with E-state index in [1.165, 1.54) is 5.56 Å². The molecule has 0 radical (unpaired) electrons. The first-order valence-corrected chi connectivity index (χ1v) is 6.82. The van der Waals surface area contributed by atoms with Gasteiger partial charge >= 0.3 is 0 Å². The Morgan fingerprint density at radius 3 is 2.33 bits per heavy atom. The van der Waals surface area contributed by atoms with Gasteiger partial charge in [0.25, 0.3) is 0 Å². The van der Waals surface area contributed by atoms with Crippen LogP contribution in [-0.4, -0.2) is 30.1 Å². The van der Waals surface area contributed by atoms with Gasteiger partial charge in [-0.25, -0.2) is 9.97 Å². The number of hydrogen-bond acceptors (Lipinski definition) is 4. The van der Waals surface area contributed by atoms with Crippen molar-refractivity contribution in [3.63, 3.8) is 0 Å². The fourth-order valence-electron chi connectivity index (χ4n) is 2.67. The normalized spacial score (nSPS) is 23.8. The fourth-order valence-corrected chi connectivity index (χ4v) is 2.67. The molecular formula is C14H24N4. The van der Waals surface area contributed by atoms with Gasteiger partial charge < -0.3 is 10.2 Å². The van der Waals surface area contributed by atoms with Gasteiger partial charge in [0, 0.05) is 25.7 Å². The topological polar surface area (TPSA) is 41.1 Å². The number of aromatic nitrogens is 2. The summed E-state index contributed by atoms with van der Waals surface area (Å²) >= 11 is 0. The van der Waals surface area contributed by atoms with Crippen molar-refractivity contribution in [2.45, 2.75) is 33.6 Å². The molecule has 0 aromatic carbocycles. The van der Waals surface area contributed by atoms with E-state index in [1.807, 2.05) is 7.05 Å². The van der Waals surface area contributed by atoms with Crippen molar-refractivity contribution < 1.29 is 0 Å². The van der Waals surface area contributed by atoms with Gasteiger partial charge in [-0.2, -0.15) is 0 Å². The van der Waals surface area contributed by atoms with E-state index in [9.17, 15) is 0 Å². The molecule has 1 saturated heterocycles. The standard InChI is InChI=1S/C14H24N4/c1-9(2)12-13(15-5)16-8-17-14(12)18-6-10(3)11(4)7-18/h8-11H,6-7H2,1-5H3,(H,15,16,17). The van der Waals surface area contributed by atoms with Crippen LogP contribution in [0.4, 0.5) is 11.6 Å². The summed E-state index contributed by atoms with van der Waals surface area (Å²) in [6.45, 7) is 11.2. The second-order valence-electron chi connectivity index (χ2n) is 5.72. The van der Waals surface area contributed by atoms with Crippen molar-refractivity contribution in [3.05, 3.63) is 11.9 Å². The third kappa shape index (κ3) is 2.28. The highest BCUT2D eigenvalue weighted by molar-refractivity contribution is 5.60. The molecule has 1 aliphatic rings. The molecule has 4 heteroatoms. The molecule has 1 aromatic rings. The maximum absolute atomic E-state index is 4.53. The van der Waals surface area contributed by atoms with E-state index in [4.69, 9.17) is 0 Å².